The number of carbonyl (C=O) groups excluding carboxylic acids is 1. The largest absolute Gasteiger partial charge is 0.494 e. The number of nitrogens with one attached hydrogen (secondary N) is 1. The van der Waals surface area contributed by atoms with Gasteiger partial charge < -0.3 is 9.30 Å². The summed E-state index contributed by atoms with van der Waals surface area (Å²) in [6.07, 6.45) is 0.806. The molecule has 4 aromatic rings. The second-order valence-electron chi connectivity index (χ2n) is 7.84. The van der Waals surface area contributed by atoms with E-state index in [0.29, 0.717) is 23.3 Å². The number of hydrogen-bond acceptors (Lipinski definition) is 4. The highest BCUT2D eigenvalue weighted by Crippen LogP contribution is 2.39. The number of fused-ring (bicyclic) bond motifs is 1. The van der Waals surface area contributed by atoms with Gasteiger partial charge in [0.2, 0.25) is 10.0 Å². The third-order valence-corrected chi connectivity index (χ3v) is 5.87. The van der Waals surface area contributed by atoms with Crippen LogP contribution in [0.25, 0.3) is 22.0 Å². The summed E-state index contributed by atoms with van der Waals surface area (Å²) in [7, 11) is -4.00. The monoisotopic (exact) mass is 502 g/mol. The first-order valence-electron chi connectivity index (χ1n) is 10.6. The molecule has 1 N–H and O–H groups in total. The van der Waals surface area contributed by atoms with Gasteiger partial charge in [-0.2, -0.15) is 0 Å². The maximum Gasteiger partial charge on any atom is 0.282 e. The molecule has 35 heavy (non-hydrogen) atoms. The maximum atomic E-state index is 15.0. The lowest BCUT2D eigenvalue weighted by molar-refractivity contribution is 0.0974. The van der Waals surface area contributed by atoms with Gasteiger partial charge in [0.25, 0.3) is 5.91 Å². The van der Waals surface area contributed by atoms with E-state index in [1.807, 2.05) is 4.72 Å². The molecule has 0 spiro atoms. The minimum Gasteiger partial charge on any atom is -0.494 e. The van der Waals surface area contributed by atoms with Gasteiger partial charge in [-0.1, -0.05) is 18.2 Å². The first kappa shape index (κ1) is 24.3. The van der Waals surface area contributed by atoms with E-state index in [9.17, 15) is 26.4 Å². The summed E-state index contributed by atoms with van der Waals surface area (Å²) in [4.78, 5) is 13.3. The lowest BCUT2D eigenvalue weighted by Gasteiger charge is -2.13. The molecule has 0 saturated heterocycles. The molecule has 0 radical (unpaired) electrons. The van der Waals surface area contributed by atoms with Crippen LogP contribution in [0.15, 0.2) is 60.7 Å². The van der Waals surface area contributed by atoms with Crippen LogP contribution in [0.4, 0.5) is 13.2 Å². The van der Waals surface area contributed by atoms with Crippen molar-refractivity contribution in [2.45, 2.75) is 13.5 Å². The number of benzene rings is 3. The number of hydrogen-bond donors (Lipinski definition) is 1. The average Bonchev–Trinajstić information content (AvgIpc) is 3.09. The molecular formula is C25H21F3N2O4S. The zero-order valence-corrected chi connectivity index (χ0v) is 19.6. The van der Waals surface area contributed by atoms with Crippen LogP contribution in [0.2, 0.25) is 0 Å². The number of nitrogens with zero attached hydrogens (tertiary/aromatic N) is 1. The highest BCUT2D eigenvalue weighted by atomic mass is 32.2. The number of aromatic nitrogens is 1. The van der Waals surface area contributed by atoms with Gasteiger partial charge in [-0.3, -0.25) is 4.79 Å². The molecule has 1 aromatic heterocycles. The van der Waals surface area contributed by atoms with Crippen molar-refractivity contribution in [3.63, 3.8) is 0 Å². The third kappa shape index (κ3) is 5.02. The highest BCUT2D eigenvalue weighted by Gasteiger charge is 2.28. The lowest BCUT2D eigenvalue weighted by Crippen LogP contribution is -2.31. The van der Waals surface area contributed by atoms with Crippen LogP contribution in [0.5, 0.6) is 5.75 Å². The Morgan fingerprint density at radius 3 is 2.43 bits per heavy atom. The van der Waals surface area contributed by atoms with Crippen molar-refractivity contribution in [3.05, 3.63) is 89.4 Å². The van der Waals surface area contributed by atoms with E-state index in [2.05, 4.69) is 0 Å². The van der Waals surface area contributed by atoms with E-state index in [1.165, 1.54) is 22.8 Å². The molecule has 0 fully saturated rings. The van der Waals surface area contributed by atoms with Crippen LogP contribution in [0, 0.1) is 17.5 Å². The Morgan fingerprint density at radius 1 is 1.00 bits per heavy atom. The van der Waals surface area contributed by atoms with Crippen LogP contribution in [0.3, 0.4) is 0 Å². The highest BCUT2D eigenvalue weighted by molar-refractivity contribution is 7.89. The standard InChI is InChI=1S/C25H21F3N2O4S/c1-3-34-17-9-11-22-19(13-17)23(18-6-4-5-7-21(18)28)24(25(31)29-35(2,32)33)30(22)14-15-12-16(26)8-10-20(15)27/h4-13H,3,14H2,1-2H3,(H,29,31). The smallest absolute Gasteiger partial charge is 0.282 e. The Hall–Kier alpha value is -3.79. The molecule has 0 unspecified atom stereocenters. The number of halogens is 3. The van der Waals surface area contributed by atoms with Gasteiger partial charge in [-0.15, -0.1) is 0 Å². The molecule has 10 heteroatoms. The summed E-state index contributed by atoms with van der Waals surface area (Å²) in [6.45, 7) is 1.80. The normalized spacial score (nSPS) is 11.6. The summed E-state index contributed by atoms with van der Waals surface area (Å²) in [6, 6.07) is 13.4. The predicted octanol–water partition coefficient (Wildman–Crippen LogP) is 4.86. The number of ether oxygens (including phenoxy) is 1. The van der Waals surface area contributed by atoms with E-state index >= 15 is 0 Å². The van der Waals surface area contributed by atoms with Gasteiger partial charge in [0.05, 0.1) is 19.4 Å². The van der Waals surface area contributed by atoms with Crippen molar-refractivity contribution >= 4 is 26.8 Å². The quantitative estimate of drug-likeness (QED) is 0.392. The Bertz CT molecular complexity index is 1550. The fourth-order valence-corrected chi connectivity index (χ4v) is 4.41. The Balaban J connectivity index is 2.09. The van der Waals surface area contributed by atoms with E-state index < -0.39 is 33.4 Å². The van der Waals surface area contributed by atoms with E-state index in [1.54, 1.807) is 31.2 Å². The van der Waals surface area contributed by atoms with Crippen LogP contribution in [0.1, 0.15) is 23.0 Å². The van der Waals surface area contributed by atoms with Gasteiger partial charge in [0.15, 0.2) is 0 Å². The van der Waals surface area contributed by atoms with Gasteiger partial charge in [-0.05, 0) is 49.4 Å². The molecule has 0 atom stereocenters. The Kier molecular flexibility index (Phi) is 6.58. The van der Waals surface area contributed by atoms with Crippen molar-refractivity contribution in [2.75, 3.05) is 12.9 Å². The Labute approximate surface area is 200 Å². The zero-order valence-electron chi connectivity index (χ0n) is 18.8. The van der Waals surface area contributed by atoms with Crippen molar-refractivity contribution < 1.29 is 31.1 Å². The fourth-order valence-electron chi connectivity index (χ4n) is 3.98. The molecule has 0 bridgehead atoms. The molecule has 182 valence electrons. The number of amides is 1. The molecular weight excluding hydrogens is 481 g/mol. The molecule has 0 aliphatic rings. The van der Waals surface area contributed by atoms with Crippen molar-refractivity contribution in [1.29, 1.82) is 0 Å². The number of sulfonamides is 1. The number of rotatable bonds is 7. The summed E-state index contributed by atoms with van der Waals surface area (Å²) in [5.74, 6) is -2.67. The summed E-state index contributed by atoms with van der Waals surface area (Å²) in [5, 5.41) is 0.372. The Morgan fingerprint density at radius 2 is 1.74 bits per heavy atom. The fraction of sp³-hybridized carbons (Fsp3) is 0.160. The molecule has 6 nitrogen and oxygen atoms in total. The van der Waals surface area contributed by atoms with Crippen molar-refractivity contribution in [3.8, 4) is 16.9 Å². The van der Waals surface area contributed by atoms with E-state index in [0.717, 1.165) is 24.5 Å². The first-order chi connectivity index (χ1) is 16.6. The zero-order chi connectivity index (χ0) is 25.3. The average molecular weight is 503 g/mol. The minimum absolute atomic E-state index is 0.0308. The summed E-state index contributed by atoms with van der Waals surface area (Å²) in [5.41, 5.74) is 0.187. The van der Waals surface area contributed by atoms with Crippen LogP contribution >= 0.6 is 0 Å². The second kappa shape index (κ2) is 9.46. The van der Waals surface area contributed by atoms with Crippen LogP contribution in [-0.2, 0) is 16.6 Å². The van der Waals surface area contributed by atoms with Gasteiger partial charge in [-0.25, -0.2) is 26.3 Å². The maximum absolute atomic E-state index is 15.0. The third-order valence-electron chi connectivity index (χ3n) is 5.32. The molecule has 0 aliphatic heterocycles. The molecule has 3 aromatic carbocycles. The lowest BCUT2D eigenvalue weighted by atomic mass is 10.0. The van der Waals surface area contributed by atoms with Crippen LogP contribution in [-0.4, -0.2) is 31.8 Å². The predicted molar refractivity (Wildman–Crippen MR) is 126 cm³/mol. The van der Waals surface area contributed by atoms with Crippen molar-refractivity contribution in [1.82, 2.24) is 9.29 Å². The van der Waals surface area contributed by atoms with Gasteiger partial charge in [0.1, 0.15) is 28.9 Å². The topological polar surface area (TPSA) is 77.4 Å². The molecule has 0 saturated carbocycles. The van der Waals surface area contributed by atoms with E-state index in [4.69, 9.17) is 4.74 Å². The van der Waals surface area contributed by atoms with Crippen LogP contribution < -0.4 is 9.46 Å². The SMILES string of the molecule is CCOc1ccc2c(c1)c(-c1ccccc1F)c(C(=O)NS(C)(=O)=O)n2Cc1cc(F)ccc1F. The van der Waals surface area contributed by atoms with Gasteiger partial charge in [0, 0.05) is 27.6 Å². The van der Waals surface area contributed by atoms with E-state index in [-0.39, 0.29) is 28.9 Å². The summed E-state index contributed by atoms with van der Waals surface area (Å²) >= 11 is 0. The molecule has 1 amide bonds. The number of carbonyl (C=O) groups is 1. The molecule has 1 heterocycles. The molecule has 4 rings (SSSR count). The second-order valence-corrected chi connectivity index (χ2v) is 9.59. The first-order valence-corrected chi connectivity index (χ1v) is 12.5. The van der Waals surface area contributed by atoms with Crippen molar-refractivity contribution in [2.24, 2.45) is 0 Å². The van der Waals surface area contributed by atoms with Gasteiger partial charge >= 0.3 is 0 Å². The summed E-state index contributed by atoms with van der Waals surface area (Å²) < 4.78 is 76.1. The molecule has 0 aliphatic carbocycles. The minimum atomic E-state index is -4.00.